The molecule has 0 amide bonds. The fraction of sp³-hybridized carbons (Fsp3) is 0.364. The zero-order chi connectivity index (χ0) is 24.1. The second-order valence-corrected chi connectivity index (χ2v) is 8.25. The molecular formula is C22H21F2NO7S. The summed E-state index contributed by atoms with van der Waals surface area (Å²) < 4.78 is 50.5. The largest absolute Gasteiger partial charge is 0.472 e. The summed E-state index contributed by atoms with van der Waals surface area (Å²) in [6.07, 6.45) is -0.405. The Bertz CT molecular complexity index is 1040. The zero-order valence-corrected chi connectivity index (χ0v) is 18.8. The number of aromatic nitrogens is 1. The summed E-state index contributed by atoms with van der Waals surface area (Å²) in [5.41, 5.74) is -0.175. The van der Waals surface area contributed by atoms with Crippen LogP contribution in [0.25, 0.3) is 11.1 Å². The topological polar surface area (TPSA) is 101 Å². The maximum Gasteiger partial charge on any atom is 0.303 e. The van der Waals surface area contributed by atoms with E-state index >= 15 is 0 Å². The molecule has 1 aliphatic rings. The molecule has 1 aliphatic heterocycles. The average Bonchev–Trinajstić information content (AvgIpc) is 2.74. The molecule has 1 fully saturated rings. The van der Waals surface area contributed by atoms with E-state index in [1.165, 1.54) is 25.4 Å². The highest BCUT2D eigenvalue weighted by Crippen LogP contribution is 2.36. The van der Waals surface area contributed by atoms with Crippen LogP contribution >= 0.6 is 11.8 Å². The molecular weight excluding hydrogens is 460 g/mol. The molecule has 2 heterocycles. The van der Waals surface area contributed by atoms with E-state index in [1.807, 2.05) is 0 Å². The van der Waals surface area contributed by atoms with E-state index in [-0.39, 0.29) is 5.75 Å². The van der Waals surface area contributed by atoms with Crippen molar-refractivity contribution in [1.29, 1.82) is 0 Å². The third-order valence-corrected chi connectivity index (χ3v) is 5.77. The van der Waals surface area contributed by atoms with Gasteiger partial charge in [-0.2, -0.15) is 4.39 Å². The van der Waals surface area contributed by atoms with Gasteiger partial charge in [0.05, 0.1) is 0 Å². The number of pyridine rings is 1. The Hall–Kier alpha value is -3.21. The average molecular weight is 481 g/mol. The molecule has 0 unspecified atom stereocenters. The molecule has 3 rings (SSSR count). The van der Waals surface area contributed by atoms with Gasteiger partial charge in [0.2, 0.25) is 5.82 Å². The lowest BCUT2D eigenvalue weighted by Gasteiger charge is -2.39. The highest BCUT2D eigenvalue weighted by Gasteiger charge is 2.48. The van der Waals surface area contributed by atoms with Crippen LogP contribution in [-0.2, 0) is 28.6 Å². The van der Waals surface area contributed by atoms with Gasteiger partial charge in [-0.05, 0) is 35.4 Å². The molecule has 0 radical (unpaired) electrons. The van der Waals surface area contributed by atoms with E-state index < -0.39 is 59.0 Å². The molecule has 8 nitrogen and oxygen atoms in total. The van der Waals surface area contributed by atoms with Crippen LogP contribution in [0.1, 0.15) is 20.8 Å². The first-order chi connectivity index (χ1) is 15.7. The predicted molar refractivity (Wildman–Crippen MR) is 113 cm³/mol. The number of ether oxygens (including phenoxy) is 4. The number of carbonyl (C=O) groups excluding carboxylic acids is 3. The lowest BCUT2D eigenvalue weighted by Crippen LogP contribution is -2.55. The van der Waals surface area contributed by atoms with Gasteiger partial charge in [-0.3, -0.25) is 19.4 Å². The number of halogens is 2. The molecule has 2 aromatic rings. The minimum absolute atomic E-state index is 0.0914. The van der Waals surface area contributed by atoms with Gasteiger partial charge in [0, 0.05) is 38.9 Å². The van der Waals surface area contributed by atoms with Gasteiger partial charge in [0.1, 0.15) is 0 Å². The van der Waals surface area contributed by atoms with Crippen LogP contribution in [0, 0.1) is 11.6 Å². The third-order valence-electron chi connectivity index (χ3n) is 4.56. The Morgan fingerprint density at radius 2 is 1.52 bits per heavy atom. The Kier molecular flexibility index (Phi) is 7.85. The first-order valence-electron chi connectivity index (χ1n) is 9.85. The number of thioether (sulfide) groups is 1. The lowest BCUT2D eigenvalue weighted by atomic mass is 10.1. The van der Waals surface area contributed by atoms with Gasteiger partial charge >= 0.3 is 17.9 Å². The summed E-state index contributed by atoms with van der Waals surface area (Å²) in [5.74, 6) is -4.78. The summed E-state index contributed by atoms with van der Waals surface area (Å²) in [4.78, 5) is 38.8. The summed E-state index contributed by atoms with van der Waals surface area (Å²) in [6.45, 7) is 3.45. The third kappa shape index (κ3) is 6.19. The molecule has 1 aromatic heterocycles. The van der Waals surface area contributed by atoms with Gasteiger partial charge in [0.25, 0.3) is 0 Å². The Balaban J connectivity index is 1.95. The normalized spacial score (nSPS) is 22.2. The lowest BCUT2D eigenvalue weighted by molar-refractivity contribution is -0.186. The van der Waals surface area contributed by atoms with Gasteiger partial charge < -0.3 is 18.9 Å². The van der Waals surface area contributed by atoms with Crippen LogP contribution in [0.15, 0.2) is 36.7 Å². The highest BCUT2D eigenvalue weighted by molar-refractivity contribution is 7.99. The van der Waals surface area contributed by atoms with Crippen molar-refractivity contribution in [2.45, 2.75) is 44.5 Å². The highest BCUT2D eigenvalue weighted by atomic mass is 32.2. The second-order valence-electron chi connectivity index (χ2n) is 7.12. The molecule has 0 saturated carbocycles. The molecule has 11 heteroatoms. The molecule has 1 saturated heterocycles. The SMILES string of the molecule is CC(=O)O[C@@H]1[C@@H](OC(C)=O)[C@@H](Oc2cc(-c3ccncc3)cc(F)c2F)SC[C@H]1OC(C)=O. The number of rotatable bonds is 6. The van der Waals surface area contributed by atoms with Crippen molar-refractivity contribution < 1.29 is 42.1 Å². The molecule has 33 heavy (non-hydrogen) atoms. The van der Waals surface area contributed by atoms with Crippen molar-refractivity contribution in [2.24, 2.45) is 0 Å². The molecule has 0 N–H and O–H groups in total. The van der Waals surface area contributed by atoms with Crippen LogP contribution in [0.4, 0.5) is 8.78 Å². The van der Waals surface area contributed by atoms with Gasteiger partial charge in [-0.15, -0.1) is 11.8 Å². The molecule has 1 aromatic carbocycles. The fourth-order valence-electron chi connectivity index (χ4n) is 3.30. The molecule has 0 aliphatic carbocycles. The van der Waals surface area contributed by atoms with E-state index in [9.17, 15) is 23.2 Å². The van der Waals surface area contributed by atoms with E-state index in [0.29, 0.717) is 11.1 Å². The molecule has 4 atom stereocenters. The van der Waals surface area contributed by atoms with Crippen LogP contribution in [0.3, 0.4) is 0 Å². The van der Waals surface area contributed by atoms with E-state index in [1.54, 1.807) is 12.1 Å². The van der Waals surface area contributed by atoms with Crippen molar-refractivity contribution in [3.05, 3.63) is 48.3 Å². The minimum atomic E-state index is -1.26. The van der Waals surface area contributed by atoms with Gasteiger partial charge in [0.15, 0.2) is 35.3 Å². The maximum absolute atomic E-state index is 14.6. The van der Waals surface area contributed by atoms with Crippen molar-refractivity contribution in [2.75, 3.05) is 5.75 Å². The first kappa shape index (κ1) is 24.4. The maximum atomic E-state index is 14.6. The number of benzene rings is 1. The van der Waals surface area contributed by atoms with Crippen LogP contribution < -0.4 is 4.74 Å². The van der Waals surface area contributed by atoms with E-state index in [0.717, 1.165) is 31.7 Å². The van der Waals surface area contributed by atoms with Gasteiger partial charge in [-0.25, -0.2) is 4.39 Å². The smallest absolute Gasteiger partial charge is 0.303 e. The number of esters is 3. The van der Waals surface area contributed by atoms with Crippen LogP contribution in [0.2, 0.25) is 0 Å². The molecule has 0 spiro atoms. The van der Waals surface area contributed by atoms with Gasteiger partial charge in [-0.1, -0.05) is 0 Å². The predicted octanol–water partition coefficient (Wildman–Crippen LogP) is 3.27. The summed E-state index contributed by atoms with van der Waals surface area (Å²) in [5, 5.41) is 0. The monoisotopic (exact) mass is 481 g/mol. The van der Waals surface area contributed by atoms with Crippen LogP contribution in [-0.4, -0.2) is 52.4 Å². The zero-order valence-electron chi connectivity index (χ0n) is 17.9. The standard InChI is InChI=1S/C22H21F2NO7S/c1-11(26)29-18-10-33-22(21(31-13(3)28)20(18)30-12(2)27)32-17-9-15(8-16(23)19(17)24)14-4-6-25-7-5-14/h4-9,18,20-22H,10H2,1-3H3/t18-,20+,21-,22+/m1/s1. The number of hydrogen-bond donors (Lipinski definition) is 0. The van der Waals surface area contributed by atoms with Crippen molar-refractivity contribution in [3.8, 4) is 16.9 Å². The minimum Gasteiger partial charge on any atom is -0.472 e. The van der Waals surface area contributed by atoms with Crippen molar-refractivity contribution in [3.63, 3.8) is 0 Å². The van der Waals surface area contributed by atoms with Crippen molar-refractivity contribution >= 4 is 29.7 Å². The first-order valence-corrected chi connectivity index (χ1v) is 10.9. The van der Waals surface area contributed by atoms with Crippen molar-refractivity contribution in [1.82, 2.24) is 4.98 Å². The summed E-state index contributed by atoms with van der Waals surface area (Å²) in [6, 6.07) is 5.56. The number of carbonyl (C=O) groups is 3. The Morgan fingerprint density at radius 3 is 2.12 bits per heavy atom. The van der Waals surface area contributed by atoms with E-state index in [2.05, 4.69) is 4.98 Å². The Morgan fingerprint density at radius 1 is 0.909 bits per heavy atom. The summed E-state index contributed by atoms with van der Waals surface area (Å²) >= 11 is 1.04. The quantitative estimate of drug-likeness (QED) is 0.454. The molecule has 176 valence electrons. The fourth-order valence-corrected chi connectivity index (χ4v) is 4.50. The second kappa shape index (κ2) is 10.6. The van der Waals surface area contributed by atoms with E-state index in [4.69, 9.17) is 18.9 Å². The number of hydrogen-bond acceptors (Lipinski definition) is 9. The Labute approximate surface area is 192 Å². The van der Waals surface area contributed by atoms with Crippen LogP contribution in [0.5, 0.6) is 5.75 Å². The molecule has 0 bridgehead atoms. The summed E-state index contributed by atoms with van der Waals surface area (Å²) in [7, 11) is 0. The number of nitrogens with zero attached hydrogens (tertiary/aromatic N) is 1.